The number of fused-ring (bicyclic) bond motifs is 1. The third-order valence-corrected chi connectivity index (χ3v) is 3.33. The second-order valence-corrected chi connectivity index (χ2v) is 5.02. The maximum atomic E-state index is 6.05. The van der Waals surface area contributed by atoms with Crippen molar-refractivity contribution in [3.8, 4) is 0 Å². The van der Waals surface area contributed by atoms with Crippen LogP contribution >= 0.6 is 23.2 Å². The Hall–Kier alpha value is -0.700. The molecule has 0 atom stereocenters. The van der Waals surface area contributed by atoms with Crippen LogP contribution in [0.25, 0.3) is 11.0 Å². The van der Waals surface area contributed by atoms with Gasteiger partial charge in [0.15, 0.2) is 5.58 Å². The Bertz CT molecular complexity index is 531. The topological polar surface area (TPSA) is 25.2 Å². The number of furan rings is 1. The van der Waals surface area contributed by atoms with Crippen LogP contribution in [0.1, 0.15) is 18.4 Å². The molecule has 1 heterocycles. The lowest BCUT2D eigenvalue weighted by molar-refractivity contribution is 0.601. The van der Waals surface area contributed by atoms with Crippen LogP contribution in [0.2, 0.25) is 10.0 Å². The molecule has 2 aromatic rings. The van der Waals surface area contributed by atoms with E-state index in [0.29, 0.717) is 16.1 Å². The zero-order chi connectivity index (χ0) is 11.1. The lowest BCUT2D eigenvalue weighted by Crippen LogP contribution is -2.14. The standard InChI is InChI=1S/C12H11Cl2NO/c13-8-3-10-7(5-15-9-1-2-9)6-16-12(10)11(14)4-8/h3-4,6,9,15H,1-2,5H2. The fourth-order valence-electron chi connectivity index (χ4n) is 1.79. The summed E-state index contributed by atoms with van der Waals surface area (Å²) in [4.78, 5) is 0. The Kier molecular flexibility index (Phi) is 2.58. The smallest absolute Gasteiger partial charge is 0.152 e. The Morgan fingerprint density at radius 3 is 2.88 bits per heavy atom. The van der Waals surface area contributed by atoms with Gasteiger partial charge in [0.1, 0.15) is 0 Å². The zero-order valence-corrected chi connectivity index (χ0v) is 10.1. The molecule has 0 spiro atoms. The van der Waals surface area contributed by atoms with Crippen molar-refractivity contribution < 1.29 is 4.42 Å². The lowest BCUT2D eigenvalue weighted by atomic mass is 10.2. The molecule has 1 saturated carbocycles. The van der Waals surface area contributed by atoms with Crippen LogP contribution in [0.3, 0.4) is 0 Å². The van der Waals surface area contributed by atoms with E-state index in [0.717, 1.165) is 23.1 Å². The van der Waals surface area contributed by atoms with Crippen molar-refractivity contribution in [3.63, 3.8) is 0 Å². The van der Waals surface area contributed by atoms with E-state index in [9.17, 15) is 0 Å². The highest BCUT2D eigenvalue weighted by molar-refractivity contribution is 6.38. The van der Waals surface area contributed by atoms with Crippen molar-refractivity contribution in [3.05, 3.63) is 34.0 Å². The van der Waals surface area contributed by atoms with E-state index in [1.54, 1.807) is 12.3 Å². The minimum absolute atomic E-state index is 0.570. The maximum absolute atomic E-state index is 6.05. The van der Waals surface area contributed by atoms with Gasteiger partial charge in [0.25, 0.3) is 0 Å². The van der Waals surface area contributed by atoms with Crippen molar-refractivity contribution in [1.29, 1.82) is 0 Å². The molecule has 84 valence electrons. The van der Waals surface area contributed by atoms with Gasteiger partial charge in [-0.1, -0.05) is 23.2 Å². The molecule has 4 heteroatoms. The molecule has 16 heavy (non-hydrogen) atoms. The molecule has 1 aromatic heterocycles. The van der Waals surface area contributed by atoms with Gasteiger partial charge in [0.2, 0.25) is 0 Å². The number of benzene rings is 1. The summed E-state index contributed by atoms with van der Waals surface area (Å²) in [7, 11) is 0. The molecule has 0 saturated heterocycles. The average Bonchev–Trinajstić information content (AvgIpc) is 2.97. The van der Waals surface area contributed by atoms with E-state index in [4.69, 9.17) is 27.6 Å². The lowest BCUT2D eigenvalue weighted by Gasteiger charge is -2.00. The first kappa shape index (κ1) is 10.5. The molecule has 0 radical (unpaired) electrons. The average molecular weight is 256 g/mol. The minimum atomic E-state index is 0.570. The van der Waals surface area contributed by atoms with Crippen LogP contribution in [0.4, 0.5) is 0 Å². The van der Waals surface area contributed by atoms with Crippen LogP contribution < -0.4 is 5.32 Å². The Labute approximate surface area is 104 Å². The van der Waals surface area contributed by atoms with E-state index < -0.39 is 0 Å². The highest BCUT2D eigenvalue weighted by Gasteiger charge is 2.21. The highest BCUT2D eigenvalue weighted by atomic mass is 35.5. The number of hydrogen-bond donors (Lipinski definition) is 1. The van der Waals surface area contributed by atoms with Gasteiger partial charge in [-0.25, -0.2) is 0 Å². The van der Waals surface area contributed by atoms with Crippen molar-refractivity contribution in [2.75, 3.05) is 0 Å². The van der Waals surface area contributed by atoms with Crippen molar-refractivity contribution >= 4 is 34.2 Å². The first-order valence-corrected chi connectivity index (χ1v) is 6.08. The van der Waals surface area contributed by atoms with E-state index in [1.165, 1.54) is 12.8 Å². The van der Waals surface area contributed by atoms with Crippen LogP contribution in [0, 0.1) is 0 Å². The maximum Gasteiger partial charge on any atom is 0.152 e. The summed E-state index contributed by atoms with van der Waals surface area (Å²) < 4.78 is 5.46. The third kappa shape index (κ3) is 1.93. The van der Waals surface area contributed by atoms with Crippen molar-refractivity contribution in [1.82, 2.24) is 5.32 Å². The molecular formula is C12H11Cl2NO. The van der Waals surface area contributed by atoms with Gasteiger partial charge >= 0.3 is 0 Å². The highest BCUT2D eigenvalue weighted by Crippen LogP contribution is 2.32. The SMILES string of the molecule is Clc1cc(Cl)c2occ(CNC3CC3)c2c1. The Morgan fingerprint density at radius 1 is 1.31 bits per heavy atom. The van der Waals surface area contributed by atoms with E-state index in [2.05, 4.69) is 5.32 Å². The van der Waals surface area contributed by atoms with Gasteiger partial charge < -0.3 is 9.73 Å². The quantitative estimate of drug-likeness (QED) is 0.898. The fourth-order valence-corrected chi connectivity index (χ4v) is 2.33. The van der Waals surface area contributed by atoms with Gasteiger partial charge in [-0.15, -0.1) is 0 Å². The monoisotopic (exact) mass is 255 g/mol. The van der Waals surface area contributed by atoms with E-state index >= 15 is 0 Å². The molecule has 1 aromatic carbocycles. The molecule has 0 amide bonds. The summed E-state index contributed by atoms with van der Waals surface area (Å²) in [5.41, 5.74) is 1.84. The molecule has 0 aliphatic heterocycles. The Balaban J connectivity index is 1.97. The number of hydrogen-bond acceptors (Lipinski definition) is 2. The molecule has 2 nitrogen and oxygen atoms in total. The zero-order valence-electron chi connectivity index (χ0n) is 8.59. The number of halogens is 2. The number of nitrogens with one attached hydrogen (secondary N) is 1. The summed E-state index contributed by atoms with van der Waals surface area (Å²) in [5, 5.41) is 5.66. The second-order valence-electron chi connectivity index (χ2n) is 4.18. The Morgan fingerprint density at radius 2 is 2.12 bits per heavy atom. The second kappa shape index (κ2) is 3.95. The van der Waals surface area contributed by atoms with Gasteiger partial charge in [-0.2, -0.15) is 0 Å². The molecule has 0 bridgehead atoms. The first-order chi connectivity index (χ1) is 7.74. The molecule has 1 aliphatic carbocycles. The van der Waals surface area contributed by atoms with Crippen LogP contribution in [-0.4, -0.2) is 6.04 Å². The van der Waals surface area contributed by atoms with Gasteiger partial charge in [-0.3, -0.25) is 0 Å². The van der Waals surface area contributed by atoms with E-state index in [1.807, 2.05) is 6.07 Å². The van der Waals surface area contributed by atoms with Crippen molar-refractivity contribution in [2.45, 2.75) is 25.4 Å². The molecular weight excluding hydrogens is 245 g/mol. The third-order valence-electron chi connectivity index (χ3n) is 2.83. The summed E-state index contributed by atoms with van der Waals surface area (Å²) in [6.07, 6.45) is 4.30. The predicted molar refractivity (Wildman–Crippen MR) is 66.1 cm³/mol. The summed E-state index contributed by atoms with van der Waals surface area (Å²) in [6.45, 7) is 0.814. The largest absolute Gasteiger partial charge is 0.462 e. The molecule has 0 unspecified atom stereocenters. The predicted octanol–water partition coefficient (Wildman–Crippen LogP) is 3.99. The molecule has 1 fully saturated rings. The van der Waals surface area contributed by atoms with Crippen molar-refractivity contribution in [2.24, 2.45) is 0 Å². The summed E-state index contributed by atoms with van der Waals surface area (Å²) in [6, 6.07) is 4.28. The van der Waals surface area contributed by atoms with Gasteiger partial charge in [-0.05, 0) is 25.0 Å². The van der Waals surface area contributed by atoms with Crippen LogP contribution in [0.5, 0.6) is 0 Å². The molecule has 1 N–H and O–H groups in total. The fraction of sp³-hybridized carbons (Fsp3) is 0.333. The first-order valence-electron chi connectivity index (χ1n) is 5.32. The summed E-state index contributed by atoms with van der Waals surface area (Å²) in [5.74, 6) is 0. The van der Waals surface area contributed by atoms with Crippen LogP contribution in [-0.2, 0) is 6.54 Å². The van der Waals surface area contributed by atoms with Crippen LogP contribution in [0.15, 0.2) is 22.8 Å². The van der Waals surface area contributed by atoms with Gasteiger partial charge in [0, 0.05) is 28.6 Å². The molecule has 3 rings (SSSR count). The number of rotatable bonds is 3. The summed E-state index contributed by atoms with van der Waals surface area (Å²) >= 11 is 12.0. The van der Waals surface area contributed by atoms with E-state index in [-0.39, 0.29) is 0 Å². The normalized spacial score (nSPS) is 15.9. The molecule has 1 aliphatic rings. The van der Waals surface area contributed by atoms with Gasteiger partial charge in [0.05, 0.1) is 11.3 Å². The minimum Gasteiger partial charge on any atom is -0.462 e.